The molecule has 0 saturated heterocycles. The summed E-state index contributed by atoms with van der Waals surface area (Å²) in [5.41, 5.74) is 1.41. The fourth-order valence-electron chi connectivity index (χ4n) is 2.46. The molecule has 2 aromatic carbocycles. The van der Waals surface area contributed by atoms with E-state index in [1.807, 2.05) is 0 Å². The summed E-state index contributed by atoms with van der Waals surface area (Å²) < 4.78 is 0. The fraction of sp³-hybridized carbons (Fsp3) is 0.474. The molecule has 0 amide bonds. The van der Waals surface area contributed by atoms with Crippen molar-refractivity contribution in [3.8, 4) is 0 Å². The standard InChI is InChI=1S/C19H27NS/c1-4-20-19(14-21-12-11-15(2)3)18-10-9-16-7-5-6-8-17(16)13-18/h5-10,13,15,19-20H,4,11-12,14H2,1-3H3. The van der Waals surface area contributed by atoms with Crippen LogP contribution in [-0.2, 0) is 0 Å². The Morgan fingerprint density at radius 1 is 1.05 bits per heavy atom. The molecule has 1 N–H and O–H groups in total. The number of hydrogen-bond donors (Lipinski definition) is 1. The van der Waals surface area contributed by atoms with Crippen LogP contribution in [0.3, 0.4) is 0 Å². The monoisotopic (exact) mass is 301 g/mol. The van der Waals surface area contributed by atoms with E-state index in [1.54, 1.807) is 0 Å². The SMILES string of the molecule is CCNC(CSCCC(C)C)c1ccc2ccccc2c1. The lowest BCUT2D eigenvalue weighted by Gasteiger charge is -2.19. The first-order chi connectivity index (χ1) is 10.2. The van der Waals surface area contributed by atoms with E-state index in [1.165, 1.54) is 28.5 Å². The predicted molar refractivity (Wildman–Crippen MR) is 97.1 cm³/mol. The summed E-state index contributed by atoms with van der Waals surface area (Å²) >= 11 is 2.07. The molecule has 0 aliphatic heterocycles. The van der Waals surface area contributed by atoms with Crippen LogP contribution in [-0.4, -0.2) is 18.1 Å². The van der Waals surface area contributed by atoms with Crippen LogP contribution in [0, 0.1) is 5.92 Å². The van der Waals surface area contributed by atoms with Gasteiger partial charge in [-0.2, -0.15) is 11.8 Å². The first kappa shape index (κ1) is 16.4. The van der Waals surface area contributed by atoms with Crippen LogP contribution < -0.4 is 5.32 Å². The Bertz CT molecular complexity index is 550. The number of thioether (sulfide) groups is 1. The maximum Gasteiger partial charge on any atom is 0.0411 e. The van der Waals surface area contributed by atoms with Crippen LogP contribution in [0.15, 0.2) is 42.5 Å². The molecule has 0 bridgehead atoms. The minimum atomic E-state index is 0.455. The molecular weight excluding hydrogens is 274 g/mol. The van der Waals surface area contributed by atoms with E-state index >= 15 is 0 Å². The number of benzene rings is 2. The highest BCUT2D eigenvalue weighted by Crippen LogP contribution is 2.24. The topological polar surface area (TPSA) is 12.0 Å². The first-order valence-corrected chi connectivity index (χ1v) is 9.16. The van der Waals surface area contributed by atoms with Crippen molar-refractivity contribution < 1.29 is 0 Å². The fourth-order valence-corrected chi connectivity index (χ4v) is 3.81. The molecule has 2 aromatic rings. The first-order valence-electron chi connectivity index (χ1n) is 8.00. The Kier molecular flexibility index (Phi) is 6.59. The Balaban J connectivity index is 2.04. The van der Waals surface area contributed by atoms with Gasteiger partial charge in [-0.05, 0) is 47.0 Å². The molecule has 0 aliphatic rings. The predicted octanol–water partition coefficient (Wildman–Crippen LogP) is 5.27. The molecule has 0 aliphatic carbocycles. The summed E-state index contributed by atoms with van der Waals surface area (Å²) in [6.07, 6.45) is 1.31. The second-order valence-corrected chi connectivity index (χ2v) is 7.12. The number of rotatable bonds is 8. The van der Waals surface area contributed by atoms with Crippen molar-refractivity contribution in [2.24, 2.45) is 5.92 Å². The molecule has 0 heterocycles. The van der Waals surface area contributed by atoms with Crippen molar-refractivity contribution in [2.75, 3.05) is 18.1 Å². The Morgan fingerprint density at radius 2 is 1.81 bits per heavy atom. The van der Waals surface area contributed by atoms with E-state index < -0.39 is 0 Å². The molecule has 2 rings (SSSR count). The summed E-state index contributed by atoms with van der Waals surface area (Å²) in [7, 11) is 0. The van der Waals surface area contributed by atoms with Crippen molar-refractivity contribution in [1.82, 2.24) is 5.32 Å². The molecule has 1 nitrogen and oxygen atoms in total. The van der Waals surface area contributed by atoms with Gasteiger partial charge >= 0.3 is 0 Å². The average molecular weight is 301 g/mol. The highest BCUT2D eigenvalue weighted by Gasteiger charge is 2.11. The number of nitrogens with one attached hydrogen (secondary N) is 1. The third-order valence-electron chi connectivity index (χ3n) is 3.75. The summed E-state index contributed by atoms with van der Waals surface area (Å²) in [5, 5.41) is 6.29. The van der Waals surface area contributed by atoms with Crippen molar-refractivity contribution in [1.29, 1.82) is 0 Å². The third kappa shape index (κ3) is 5.05. The van der Waals surface area contributed by atoms with E-state index in [2.05, 4.69) is 80.3 Å². The number of fused-ring (bicyclic) bond motifs is 1. The zero-order valence-electron chi connectivity index (χ0n) is 13.4. The lowest BCUT2D eigenvalue weighted by molar-refractivity contribution is 0.603. The maximum atomic E-state index is 3.63. The van der Waals surface area contributed by atoms with Crippen molar-refractivity contribution >= 4 is 22.5 Å². The zero-order chi connectivity index (χ0) is 15.1. The highest BCUT2D eigenvalue weighted by molar-refractivity contribution is 7.99. The quantitative estimate of drug-likeness (QED) is 0.667. The van der Waals surface area contributed by atoms with Gasteiger partial charge in [0.1, 0.15) is 0 Å². The Labute approximate surface area is 133 Å². The highest BCUT2D eigenvalue weighted by atomic mass is 32.2. The van der Waals surface area contributed by atoms with Gasteiger partial charge in [-0.3, -0.25) is 0 Å². The molecule has 0 aromatic heterocycles. The lowest BCUT2D eigenvalue weighted by atomic mass is 10.0. The summed E-state index contributed by atoms with van der Waals surface area (Å²) in [4.78, 5) is 0. The van der Waals surface area contributed by atoms with E-state index in [4.69, 9.17) is 0 Å². The van der Waals surface area contributed by atoms with Gasteiger partial charge in [0, 0.05) is 11.8 Å². The smallest absolute Gasteiger partial charge is 0.0411 e. The molecule has 1 atom stereocenters. The molecule has 2 heteroatoms. The largest absolute Gasteiger partial charge is 0.310 e. The number of hydrogen-bond acceptors (Lipinski definition) is 2. The normalized spacial score (nSPS) is 13.0. The van der Waals surface area contributed by atoms with Crippen LogP contribution in [0.2, 0.25) is 0 Å². The van der Waals surface area contributed by atoms with Gasteiger partial charge in [0.2, 0.25) is 0 Å². The van der Waals surface area contributed by atoms with Crippen LogP contribution in [0.4, 0.5) is 0 Å². The summed E-state index contributed by atoms with van der Waals surface area (Å²) in [6.45, 7) is 7.80. The van der Waals surface area contributed by atoms with E-state index in [0.717, 1.165) is 18.2 Å². The van der Waals surface area contributed by atoms with Crippen LogP contribution >= 0.6 is 11.8 Å². The molecule has 0 radical (unpaired) electrons. The summed E-state index contributed by atoms with van der Waals surface area (Å²) in [5.74, 6) is 3.21. The van der Waals surface area contributed by atoms with Crippen molar-refractivity contribution in [3.05, 3.63) is 48.0 Å². The molecule has 1 unspecified atom stereocenters. The third-order valence-corrected chi connectivity index (χ3v) is 4.84. The zero-order valence-corrected chi connectivity index (χ0v) is 14.2. The second-order valence-electron chi connectivity index (χ2n) is 5.97. The van der Waals surface area contributed by atoms with E-state index in [0.29, 0.717) is 6.04 Å². The van der Waals surface area contributed by atoms with Crippen LogP contribution in [0.25, 0.3) is 10.8 Å². The minimum Gasteiger partial charge on any atom is -0.310 e. The summed E-state index contributed by atoms with van der Waals surface area (Å²) in [6, 6.07) is 15.9. The van der Waals surface area contributed by atoms with Gasteiger partial charge in [-0.15, -0.1) is 0 Å². The molecule has 0 saturated carbocycles. The molecule has 0 spiro atoms. The van der Waals surface area contributed by atoms with Gasteiger partial charge in [-0.25, -0.2) is 0 Å². The average Bonchev–Trinajstić information content (AvgIpc) is 2.49. The Hall–Kier alpha value is -0.990. The van der Waals surface area contributed by atoms with Gasteiger partial charge in [-0.1, -0.05) is 57.2 Å². The van der Waals surface area contributed by atoms with Gasteiger partial charge in [0.15, 0.2) is 0 Å². The van der Waals surface area contributed by atoms with E-state index in [-0.39, 0.29) is 0 Å². The van der Waals surface area contributed by atoms with Gasteiger partial charge < -0.3 is 5.32 Å². The molecule has 0 fully saturated rings. The Morgan fingerprint density at radius 3 is 2.52 bits per heavy atom. The maximum absolute atomic E-state index is 3.63. The second kappa shape index (κ2) is 8.45. The van der Waals surface area contributed by atoms with Crippen LogP contribution in [0.5, 0.6) is 0 Å². The van der Waals surface area contributed by atoms with Gasteiger partial charge in [0.05, 0.1) is 0 Å². The molecule has 21 heavy (non-hydrogen) atoms. The minimum absolute atomic E-state index is 0.455. The van der Waals surface area contributed by atoms with E-state index in [9.17, 15) is 0 Å². The van der Waals surface area contributed by atoms with Crippen molar-refractivity contribution in [2.45, 2.75) is 33.2 Å². The van der Waals surface area contributed by atoms with Crippen molar-refractivity contribution in [3.63, 3.8) is 0 Å². The molecule has 114 valence electrons. The van der Waals surface area contributed by atoms with Gasteiger partial charge in [0.25, 0.3) is 0 Å². The van der Waals surface area contributed by atoms with Crippen LogP contribution in [0.1, 0.15) is 38.8 Å². The lowest BCUT2D eigenvalue weighted by Crippen LogP contribution is -2.23. The molecular formula is C19H27NS.